The number of amides is 2. The molecule has 184 valence electrons. The Hall–Kier alpha value is -2.91. The van der Waals surface area contributed by atoms with Crippen LogP contribution in [0.2, 0.25) is 0 Å². The van der Waals surface area contributed by atoms with Crippen molar-refractivity contribution in [2.45, 2.75) is 50.3 Å². The highest BCUT2D eigenvalue weighted by molar-refractivity contribution is 7.89. The van der Waals surface area contributed by atoms with Crippen molar-refractivity contribution in [2.24, 2.45) is 0 Å². The molecule has 1 saturated heterocycles. The van der Waals surface area contributed by atoms with Gasteiger partial charge in [-0.1, -0.05) is 39.3 Å². The molecule has 0 aliphatic carbocycles. The fourth-order valence-corrected chi connectivity index (χ4v) is 5.49. The molecule has 2 N–H and O–H groups in total. The summed E-state index contributed by atoms with van der Waals surface area (Å²) >= 11 is 0. The molecule has 8 nitrogen and oxygen atoms in total. The van der Waals surface area contributed by atoms with E-state index in [2.05, 4.69) is 31.4 Å². The summed E-state index contributed by atoms with van der Waals surface area (Å²) in [5.74, 6) is -0.611. The molecular weight excluding hydrogens is 454 g/mol. The first-order chi connectivity index (χ1) is 16.0. The number of rotatable bonds is 7. The van der Waals surface area contributed by atoms with Gasteiger partial charge in [0.05, 0.1) is 13.7 Å². The summed E-state index contributed by atoms with van der Waals surface area (Å²) in [6.45, 7) is 6.95. The maximum atomic E-state index is 13.1. The topological polar surface area (TPSA) is 105 Å². The summed E-state index contributed by atoms with van der Waals surface area (Å²) in [4.78, 5) is 24.9. The second-order valence-corrected chi connectivity index (χ2v) is 11.3. The van der Waals surface area contributed by atoms with Crippen molar-refractivity contribution in [2.75, 3.05) is 32.1 Å². The molecule has 0 saturated carbocycles. The zero-order valence-corrected chi connectivity index (χ0v) is 21.0. The number of ether oxygens (including phenoxy) is 1. The quantitative estimate of drug-likeness (QED) is 0.622. The molecule has 34 heavy (non-hydrogen) atoms. The number of piperidine rings is 1. The molecule has 3 rings (SSSR count). The molecule has 0 radical (unpaired) electrons. The van der Waals surface area contributed by atoms with Crippen LogP contribution in [-0.2, 0) is 20.2 Å². The minimum atomic E-state index is -3.75. The van der Waals surface area contributed by atoms with E-state index >= 15 is 0 Å². The Bertz CT molecular complexity index is 1130. The van der Waals surface area contributed by atoms with E-state index in [0.29, 0.717) is 24.3 Å². The Morgan fingerprint density at radius 3 is 2.24 bits per heavy atom. The summed E-state index contributed by atoms with van der Waals surface area (Å²) in [6.07, 6.45) is 2.64. The number of carbonyl (C=O) groups excluding carboxylic acids is 2. The van der Waals surface area contributed by atoms with E-state index < -0.39 is 15.9 Å². The number of benzene rings is 2. The normalized spacial score (nSPS) is 14.9. The number of hydrogen-bond acceptors (Lipinski definition) is 5. The van der Waals surface area contributed by atoms with Gasteiger partial charge in [-0.15, -0.1) is 0 Å². The molecular formula is C25H33N3O5S. The molecule has 0 unspecified atom stereocenters. The van der Waals surface area contributed by atoms with Gasteiger partial charge in [0.1, 0.15) is 10.6 Å². The molecule has 0 atom stereocenters. The van der Waals surface area contributed by atoms with Crippen molar-refractivity contribution in [3.63, 3.8) is 0 Å². The standard InChI is InChI=1S/C25H33N3O5S/c1-25(2,3)19-10-8-18(9-11-19)24(30)26-17-23(29)27-20-12-13-21(33-4)22(16-20)34(31,32)28-14-6-5-7-15-28/h8-13,16H,5-7,14-15,17H2,1-4H3,(H,26,30)(H,27,29). The van der Waals surface area contributed by atoms with E-state index in [-0.39, 0.29) is 28.5 Å². The first-order valence-electron chi connectivity index (χ1n) is 11.4. The van der Waals surface area contributed by atoms with Crippen LogP contribution in [0.15, 0.2) is 47.4 Å². The molecule has 2 aromatic carbocycles. The van der Waals surface area contributed by atoms with Gasteiger partial charge in [0.2, 0.25) is 15.9 Å². The predicted octanol–water partition coefficient (Wildman–Crippen LogP) is 3.54. The number of hydrogen-bond donors (Lipinski definition) is 2. The number of sulfonamides is 1. The van der Waals surface area contributed by atoms with Crippen LogP contribution in [0.4, 0.5) is 5.69 Å². The second-order valence-electron chi connectivity index (χ2n) is 9.39. The van der Waals surface area contributed by atoms with Gasteiger partial charge in [0, 0.05) is 24.3 Å². The molecule has 0 spiro atoms. The maximum Gasteiger partial charge on any atom is 0.251 e. The smallest absolute Gasteiger partial charge is 0.251 e. The number of nitrogens with one attached hydrogen (secondary N) is 2. The number of nitrogens with zero attached hydrogens (tertiary/aromatic N) is 1. The molecule has 1 aliphatic heterocycles. The Morgan fingerprint density at radius 1 is 1.00 bits per heavy atom. The molecule has 9 heteroatoms. The van der Waals surface area contributed by atoms with E-state index in [1.54, 1.807) is 18.2 Å². The van der Waals surface area contributed by atoms with E-state index in [1.165, 1.54) is 23.5 Å². The van der Waals surface area contributed by atoms with Crippen LogP contribution < -0.4 is 15.4 Å². The lowest BCUT2D eigenvalue weighted by Gasteiger charge is -2.26. The fraction of sp³-hybridized carbons (Fsp3) is 0.440. The van der Waals surface area contributed by atoms with Gasteiger partial charge in [-0.25, -0.2) is 8.42 Å². The summed E-state index contributed by atoms with van der Waals surface area (Å²) in [7, 11) is -2.34. The molecule has 1 fully saturated rings. The molecule has 0 bridgehead atoms. The highest BCUT2D eigenvalue weighted by atomic mass is 32.2. The lowest BCUT2D eigenvalue weighted by molar-refractivity contribution is -0.115. The molecule has 1 heterocycles. The Labute approximate surface area is 201 Å². The lowest BCUT2D eigenvalue weighted by Crippen LogP contribution is -2.36. The van der Waals surface area contributed by atoms with Gasteiger partial charge >= 0.3 is 0 Å². The third kappa shape index (κ3) is 6.15. The summed E-state index contributed by atoms with van der Waals surface area (Å²) in [5, 5.41) is 5.25. The maximum absolute atomic E-state index is 13.1. The van der Waals surface area contributed by atoms with E-state index in [4.69, 9.17) is 4.74 Å². The van der Waals surface area contributed by atoms with Gasteiger partial charge < -0.3 is 15.4 Å². The third-order valence-electron chi connectivity index (χ3n) is 5.80. The molecule has 2 amide bonds. The van der Waals surface area contributed by atoms with Crippen LogP contribution in [-0.4, -0.2) is 51.3 Å². The van der Waals surface area contributed by atoms with Gasteiger partial charge in [0.15, 0.2) is 0 Å². The lowest BCUT2D eigenvalue weighted by atomic mass is 9.87. The number of methoxy groups -OCH3 is 1. The average Bonchev–Trinajstić information content (AvgIpc) is 2.82. The van der Waals surface area contributed by atoms with Crippen molar-refractivity contribution in [1.29, 1.82) is 0 Å². The second kappa shape index (κ2) is 10.6. The minimum Gasteiger partial charge on any atom is -0.495 e. The Balaban J connectivity index is 1.65. The van der Waals surface area contributed by atoms with Crippen LogP contribution >= 0.6 is 0 Å². The number of anilines is 1. The van der Waals surface area contributed by atoms with E-state index in [1.807, 2.05) is 12.1 Å². The van der Waals surface area contributed by atoms with Crippen molar-refractivity contribution >= 4 is 27.5 Å². The molecule has 0 aromatic heterocycles. The predicted molar refractivity (Wildman–Crippen MR) is 132 cm³/mol. The largest absolute Gasteiger partial charge is 0.495 e. The minimum absolute atomic E-state index is 0.0117. The van der Waals surface area contributed by atoms with Crippen molar-refractivity contribution in [3.05, 3.63) is 53.6 Å². The van der Waals surface area contributed by atoms with Crippen LogP contribution in [0.5, 0.6) is 5.75 Å². The highest BCUT2D eigenvalue weighted by Gasteiger charge is 2.29. The van der Waals surface area contributed by atoms with Crippen molar-refractivity contribution in [3.8, 4) is 5.75 Å². The van der Waals surface area contributed by atoms with Gasteiger partial charge in [0.25, 0.3) is 5.91 Å². The average molecular weight is 488 g/mol. The summed E-state index contributed by atoms with van der Waals surface area (Å²) in [6, 6.07) is 11.7. The summed E-state index contributed by atoms with van der Waals surface area (Å²) in [5.41, 5.74) is 1.86. The zero-order chi connectivity index (χ0) is 24.9. The van der Waals surface area contributed by atoms with Crippen molar-refractivity contribution in [1.82, 2.24) is 9.62 Å². The van der Waals surface area contributed by atoms with Gasteiger partial charge in [-0.3, -0.25) is 9.59 Å². The fourth-order valence-electron chi connectivity index (χ4n) is 3.79. The zero-order valence-electron chi connectivity index (χ0n) is 20.2. The van der Waals surface area contributed by atoms with Crippen LogP contribution in [0.3, 0.4) is 0 Å². The number of carbonyl (C=O) groups is 2. The monoisotopic (exact) mass is 487 g/mol. The van der Waals surface area contributed by atoms with E-state index in [0.717, 1.165) is 24.8 Å². The van der Waals surface area contributed by atoms with Crippen LogP contribution in [0.25, 0.3) is 0 Å². The first-order valence-corrected chi connectivity index (χ1v) is 12.8. The molecule has 2 aromatic rings. The van der Waals surface area contributed by atoms with Crippen LogP contribution in [0, 0.1) is 0 Å². The van der Waals surface area contributed by atoms with E-state index in [9.17, 15) is 18.0 Å². The Kier molecular flexibility index (Phi) is 7.99. The molecule has 1 aliphatic rings. The highest BCUT2D eigenvalue weighted by Crippen LogP contribution is 2.31. The van der Waals surface area contributed by atoms with Gasteiger partial charge in [-0.05, 0) is 54.2 Å². The van der Waals surface area contributed by atoms with Gasteiger partial charge in [-0.2, -0.15) is 4.31 Å². The SMILES string of the molecule is COc1ccc(NC(=O)CNC(=O)c2ccc(C(C)(C)C)cc2)cc1S(=O)(=O)N1CCCCC1. The third-order valence-corrected chi connectivity index (χ3v) is 7.72. The van der Waals surface area contributed by atoms with Crippen molar-refractivity contribution < 1.29 is 22.7 Å². The summed E-state index contributed by atoms with van der Waals surface area (Å²) < 4.78 is 33.0. The van der Waals surface area contributed by atoms with Crippen LogP contribution in [0.1, 0.15) is 56.0 Å². The first kappa shape index (κ1) is 25.7. The Morgan fingerprint density at radius 2 is 1.65 bits per heavy atom.